The van der Waals surface area contributed by atoms with Crippen molar-refractivity contribution in [2.24, 2.45) is 0 Å². The van der Waals surface area contributed by atoms with Crippen molar-refractivity contribution >= 4 is 40.2 Å². The zero-order valence-corrected chi connectivity index (χ0v) is 12.6. The van der Waals surface area contributed by atoms with Gasteiger partial charge in [-0.3, -0.25) is 4.79 Å². The Labute approximate surface area is 122 Å². The van der Waals surface area contributed by atoms with Gasteiger partial charge in [0, 0.05) is 5.02 Å². The highest BCUT2D eigenvalue weighted by atomic mass is 35.5. The number of carbonyl (C=O) groups is 1. The molecule has 1 atom stereocenters. The molecule has 0 fully saturated rings. The molecule has 2 N–H and O–H groups in total. The molecule has 0 saturated carbocycles. The standard InChI is InChI=1S/C11H14ClNO4S2/c1-7-8(12)3-2-4-10(7)19(16,17)13-9(5-6-18)11(14)15/h2-4,9,13,18H,5-6H2,1H3,(H,14,15). The molecule has 0 amide bonds. The van der Waals surface area contributed by atoms with Crippen molar-refractivity contribution in [3.8, 4) is 0 Å². The van der Waals surface area contributed by atoms with Crippen LogP contribution in [-0.2, 0) is 14.8 Å². The van der Waals surface area contributed by atoms with Gasteiger partial charge < -0.3 is 5.11 Å². The van der Waals surface area contributed by atoms with Gasteiger partial charge in [0.15, 0.2) is 0 Å². The fourth-order valence-corrected chi connectivity index (χ4v) is 3.47. The highest BCUT2D eigenvalue weighted by Gasteiger charge is 2.26. The average molecular weight is 324 g/mol. The molecule has 1 unspecified atom stereocenters. The Hall–Kier alpha value is -0.760. The molecular formula is C11H14ClNO4S2. The van der Waals surface area contributed by atoms with Gasteiger partial charge in [-0.1, -0.05) is 17.7 Å². The van der Waals surface area contributed by atoms with E-state index >= 15 is 0 Å². The Kier molecular flexibility index (Phi) is 5.66. The molecule has 0 saturated heterocycles. The van der Waals surface area contributed by atoms with E-state index in [1.807, 2.05) is 0 Å². The summed E-state index contributed by atoms with van der Waals surface area (Å²) in [6.45, 7) is 1.56. The molecule has 0 spiro atoms. The van der Waals surface area contributed by atoms with Gasteiger partial charge in [0.05, 0.1) is 4.90 Å². The summed E-state index contributed by atoms with van der Waals surface area (Å²) >= 11 is 9.77. The van der Waals surface area contributed by atoms with E-state index in [2.05, 4.69) is 17.4 Å². The number of sulfonamides is 1. The summed E-state index contributed by atoms with van der Waals surface area (Å²) in [6.07, 6.45) is 0.0945. The van der Waals surface area contributed by atoms with Gasteiger partial charge in [0.25, 0.3) is 0 Å². The zero-order valence-electron chi connectivity index (χ0n) is 10.1. The third kappa shape index (κ3) is 4.10. The molecular weight excluding hydrogens is 310 g/mol. The van der Waals surface area contributed by atoms with Crippen LogP contribution in [0.1, 0.15) is 12.0 Å². The monoisotopic (exact) mass is 323 g/mol. The van der Waals surface area contributed by atoms with Crippen LogP contribution >= 0.6 is 24.2 Å². The summed E-state index contributed by atoms with van der Waals surface area (Å²) < 4.78 is 26.4. The number of rotatable bonds is 6. The number of hydrogen-bond acceptors (Lipinski definition) is 4. The first-order valence-electron chi connectivity index (χ1n) is 5.40. The number of carboxylic acids is 1. The summed E-state index contributed by atoms with van der Waals surface area (Å²) in [5, 5.41) is 9.26. The minimum atomic E-state index is -3.93. The van der Waals surface area contributed by atoms with Crippen LogP contribution in [0.5, 0.6) is 0 Å². The average Bonchev–Trinajstić information content (AvgIpc) is 2.31. The van der Waals surface area contributed by atoms with E-state index in [1.165, 1.54) is 12.1 Å². The zero-order chi connectivity index (χ0) is 14.6. The predicted molar refractivity (Wildman–Crippen MR) is 76.4 cm³/mol. The first-order chi connectivity index (χ1) is 8.79. The minimum absolute atomic E-state index is 0.0228. The number of hydrogen-bond donors (Lipinski definition) is 3. The Morgan fingerprint density at radius 2 is 2.16 bits per heavy atom. The van der Waals surface area contributed by atoms with Crippen molar-refractivity contribution in [1.29, 1.82) is 0 Å². The van der Waals surface area contributed by atoms with Crippen LogP contribution in [0.4, 0.5) is 0 Å². The van der Waals surface area contributed by atoms with Crippen molar-refractivity contribution in [2.75, 3.05) is 5.75 Å². The summed E-state index contributed by atoms with van der Waals surface area (Å²) in [5.74, 6) is -0.981. The maximum absolute atomic E-state index is 12.1. The Bertz CT molecular complexity index is 574. The fourth-order valence-electron chi connectivity index (χ4n) is 1.49. The van der Waals surface area contributed by atoms with E-state index in [-0.39, 0.29) is 17.1 Å². The van der Waals surface area contributed by atoms with Crippen molar-refractivity contribution in [3.05, 3.63) is 28.8 Å². The lowest BCUT2D eigenvalue weighted by Gasteiger charge is -2.15. The molecule has 106 valence electrons. The van der Waals surface area contributed by atoms with Gasteiger partial charge >= 0.3 is 5.97 Å². The number of thiol groups is 1. The van der Waals surface area contributed by atoms with E-state index < -0.39 is 22.0 Å². The van der Waals surface area contributed by atoms with Gasteiger partial charge in [-0.15, -0.1) is 0 Å². The maximum atomic E-state index is 12.1. The van der Waals surface area contributed by atoms with Crippen molar-refractivity contribution in [2.45, 2.75) is 24.3 Å². The molecule has 1 rings (SSSR count). The number of nitrogens with one attached hydrogen (secondary N) is 1. The molecule has 1 aromatic rings. The number of aliphatic carboxylic acids is 1. The largest absolute Gasteiger partial charge is 0.480 e. The first-order valence-corrected chi connectivity index (χ1v) is 7.90. The first kappa shape index (κ1) is 16.3. The van der Waals surface area contributed by atoms with Crippen molar-refractivity contribution in [3.63, 3.8) is 0 Å². The van der Waals surface area contributed by atoms with Crippen LogP contribution < -0.4 is 4.72 Å². The minimum Gasteiger partial charge on any atom is -0.480 e. The number of benzene rings is 1. The third-order valence-corrected chi connectivity index (χ3v) is 4.80. The van der Waals surface area contributed by atoms with Gasteiger partial charge in [-0.05, 0) is 36.8 Å². The van der Waals surface area contributed by atoms with Crippen LogP contribution in [0.3, 0.4) is 0 Å². The topological polar surface area (TPSA) is 83.5 Å². The van der Waals surface area contributed by atoms with Gasteiger partial charge in [-0.25, -0.2) is 8.42 Å². The summed E-state index contributed by atoms with van der Waals surface area (Å²) in [5.41, 5.74) is 0.381. The van der Waals surface area contributed by atoms with E-state index in [9.17, 15) is 13.2 Å². The molecule has 0 bridgehead atoms. The molecule has 0 aromatic heterocycles. The molecule has 19 heavy (non-hydrogen) atoms. The molecule has 0 aliphatic rings. The highest BCUT2D eigenvalue weighted by Crippen LogP contribution is 2.22. The van der Waals surface area contributed by atoms with Gasteiger partial charge in [0.1, 0.15) is 6.04 Å². The second-order valence-electron chi connectivity index (χ2n) is 3.89. The molecule has 0 heterocycles. The molecule has 5 nitrogen and oxygen atoms in total. The molecule has 0 aliphatic heterocycles. The van der Waals surface area contributed by atoms with Gasteiger partial charge in [0.2, 0.25) is 10.0 Å². The van der Waals surface area contributed by atoms with E-state index in [1.54, 1.807) is 13.0 Å². The van der Waals surface area contributed by atoms with Crippen LogP contribution in [0.2, 0.25) is 5.02 Å². The smallest absolute Gasteiger partial charge is 0.321 e. The van der Waals surface area contributed by atoms with Crippen molar-refractivity contribution < 1.29 is 18.3 Å². The maximum Gasteiger partial charge on any atom is 0.321 e. The molecule has 1 aromatic carbocycles. The van der Waals surface area contributed by atoms with Crippen LogP contribution in [0.15, 0.2) is 23.1 Å². The Morgan fingerprint density at radius 3 is 2.68 bits per heavy atom. The lowest BCUT2D eigenvalue weighted by molar-refractivity contribution is -0.139. The highest BCUT2D eigenvalue weighted by molar-refractivity contribution is 7.89. The lowest BCUT2D eigenvalue weighted by Crippen LogP contribution is -2.41. The normalized spacial score (nSPS) is 13.2. The summed E-state index contributed by atoms with van der Waals surface area (Å²) in [6, 6.07) is 3.24. The lowest BCUT2D eigenvalue weighted by atomic mass is 10.2. The third-order valence-electron chi connectivity index (χ3n) is 2.52. The fraction of sp³-hybridized carbons (Fsp3) is 0.364. The molecule has 8 heteroatoms. The number of carboxylic acid groups (broad SMARTS) is 1. The SMILES string of the molecule is Cc1c(Cl)cccc1S(=O)(=O)NC(CCS)C(=O)O. The predicted octanol–water partition coefficient (Wildman–Crippen LogP) is 1.70. The summed E-state index contributed by atoms with van der Waals surface area (Å²) in [4.78, 5) is 10.9. The van der Waals surface area contributed by atoms with Crippen LogP contribution in [0.25, 0.3) is 0 Å². The van der Waals surface area contributed by atoms with Gasteiger partial charge in [-0.2, -0.15) is 17.4 Å². The van der Waals surface area contributed by atoms with E-state index in [0.717, 1.165) is 0 Å². The summed E-state index contributed by atoms with van der Waals surface area (Å²) in [7, 11) is -3.93. The van der Waals surface area contributed by atoms with Crippen molar-refractivity contribution in [1.82, 2.24) is 4.72 Å². The van der Waals surface area contributed by atoms with E-state index in [4.69, 9.17) is 16.7 Å². The van der Waals surface area contributed by atoms with Crippen LogP contribution in [0, 0.1) is 6.92 Å². The van der Waals surface area contributed by atoms with E-state index in [0.29, 0.717) is 10.6 Å². The second kappa shape index (κ2) is 6.60. The molecule has 0 aliphatic carbocycles. The quantitative estimate of drug-likeness (QED) is 0.696. The number of halogens is 1. The second-order valence-corrected chi connectivity index (χ2v) is 6.42. The Balaban J connectivity index is 3.10. The Morgan fingerprint density at radius 1 is 1.53 bits per heavy atom. The van der Waals surface area contributed by atoms with Crippen LogP contribution in [-0.4, -0.2) is 31.3 Å². The molecule has 0 radical (unpaired) electrons.